The van der Waals surface area contributed by atoms with Crippen LogP contribution >= 0.6 is 11.3 Å². The molecule has 0 aliphatic carbocycles. The second kappa shape index (κ2) is 11.7. The first-order valence-corrected chi connectivity index (χ1v) is 12.0. The van der Waals surface area contributed by atoms with Crippen molar-refractivity contribution in [2.24, 2.45) is 0 Å². The van der Waals surface area contributed by atoms with E-state index < -0.39 is 0 Å². The Bertz CT molecular complexity index is 1060. The number of aryl methyl sites for hydroxylation is 1. The number of morpholine rings is 1. The van der Waals surface area contributed by atoms with Crippen molar-refractivity contribution in [2.75, 3.05) is 32.8 Å². The van der Waals surface area contributed by atoms with E-state index >= 15 is 0 Å². The Labute approximate surface area is 198 Å². The van der Waals surface area contributed by atoms with Crippen LogP contribution in [0, 0.1) is 6.92 Å². The zero-order chi connectivity index (χ0) is 22.9. The minimum absolute atomic E-state index is 0.0964. The topological polar surface area (TPSA) is 63.7 Å². The van der Waals surface area contributed by atoms with Gasteiger partial charge in [0.25, 0.3) is 0 Å². The molecule has 3 aromatic rings. The molecule has 0 bridgehead atoms. The van der Waals surface area contributed by atoms with Crippen LogP contribution < -0.4 is 10.1 Å². The minimum atomic E-state index is -0.137. The molecular formula is C26H29N3O3S. The first-order chi connectivity index (χ1) is 16.2. The second-order valence-corrected chi connectivity index (χ2v) is 8.96. The molecule has 33 heavy (non-hydrogen) atoms. The minimum Gasteiger partial charge on any atom is -0.487 e. The number of hydrogen-bond donors (Lipinski definition) is 1. The highest BCUT2D eigenvalue weighted by molar-refractivity contribution is 7.09. The van der Waals surface area contributed by atoms with E-state index in [1.54, 1.807) is 23.5 Å². The van der Waals surface area contributed by atoms with Gasteiger partial charge in [-0.15, -0.1) is 11.3 Å². The zero-order valence-corrected chi connectivity index (χ0v) is 19.6. The van der Waals surface area contributed by atoms with Gasteiger partial charge in [-0.1, -0.05) is 48.5 Å². The van der Waals surface area contributed by atoms with Crippen LogP contribution in [0.2, 0.25) is 0 Å². The molecule has 1 atom stereocenters. The summed E-state index contributed by atoms with van der Waals surface area (Å²) < 4.78 is 11.4. The van der Waals surface area contributed by atoms with E-state index in [2.05, 4.69) is 27.3 Å². The SMILES string of the molecule is Cc1nc(COc2ccccc2/C=C/C(=O)NC(CN2CCOCC2)c2ccccc2)cs1. The maximum Gasteiger partial charge on any atom is 0.244 e. The van der Waals surface area contributed by atoms with E-state index in [0.29, 0.717) is 6.61 Å². The summed E-state index contributed by atoms with van der Waals surface area (Å²) in [5.74, 6) is 0.585. The first kappa shape index (κ1) is 23.2. The lowest BCUT2D eigenvalue weighted by Gasteiger charge is -2.31. The lowest BCUT2D eigenvalue weighted by atomic mass is 10.1. The van der Waals surface area contributed by atoms with Crippen LogP contribution in [0.1, 0.15) is 27.9 Å². The Morgan fingerprint density at radius 3 is 2.70 bits per heavy atom. The molecule has 1 unspecified atom stereocenters. The van der Waals surface area contributed by atoms with Crippen molar-refractivity contribution in [1.29, 1.82) is 0 Å². The Balaban J connectivity index is 1.41. The molecule has 1 N–H and O–H groups in total. The molecule has 1 saturated heterocycles. The van der Waals surface area contributed by atoms with Crippen LogP contribution in [0.3, 0.4) is 0 Å². The molecule has 7 heteroatoms. The molecule has 4 rings (SSSR count). The van der Waals surface area contributed by atoms with Crippen molar-refractivity contribution in [2.45, 2.75) is 19.6 Å². The van der Waals surface area contributed by atoms with E-state index in [0.717, 1.165) is 60.4 Å². The third-order valence-electron chi connectivity index (χ3n) is 5.44. The number of nitrogens with one attached hydrogen (secondary N) is 1. The highest BCUT2D eigenvalue weighted by Gasteiger charge is 2.19. The quantitative estimate of drug-likeness (QED) is 0.481. The normalized spacial score (nSPS) is 15.4. The highest BCUT2D eigenvalue weighted by Crippen LogP contribution is 2.22. The fourth-order valence-electron chi connectivity index (χ4n) is 3.72. The third kappa shape index (κ3) is 6.99. The van der Waals surface area contributed by atoms with Gasteiger partial charge in [0.2, 0.25) is 5.91 Å². The average Bonchev–Trinajstić information content (AvgIpc) is 3.28. The Hall–Kier alpha value is -3.00. The molecule has 0 radical (unpaired) electrons. The summed E-state index contributed by atoms with van der Waals surface area (Å²) in [4.78, 5) is 19.6. The number of amides is 1. The van der Waals surface area contributed by atoms with Gasteiger partial charge in [0.1, 0.15) is 12.4 Å². The molecule has 1 fully saturated rings. The van der Waals surface area contributed by atoms with E-state index in [1.165, 1.54) is 0 Å². The number of carbonyl (C=O) groups excluding carboxylic acids is 1. The van der Waals surface area contributed by atoms with E-state index in [1.807, 2.05) is 54.8 Å². The predicted octanol–water partition coefficient (Wildman–Crippen LogP) is 4.23. The Kier molecular flexibility index (Phi) is 8.24. The number of nitrogens with zero attached hydrogens (tertiary/aromatic N) is 2. The molecule has 172 valence electrons. The van der Waals surface area contributed by atoms with E-state index in [-0.39, 0.29) is 11.9 Å². The third-order valence-corrected chi connectivity index (χ3v) is 6.26. The lowest BCUT2D eigenvalue weighted by Crippen LogP contribution is -2.42. The summed E-state index contributed by atoms with van der Waals surface area (Å²) in [6, 6.07) is 17.7. The van der Waals surface area contributed by atoms with Gasteiger partial charge in [0.05, 0.1) is 30.0 Å². The number of aromatic nitrogens is 1. The smallest absolute Gasteiger partial charge is 0.244 e. The van der Waals surface area contributed by atoms with Crippen LogP contribution in [0.15, 0.2) is 66.1 Å². The lowest BCUT2D eigenvalue weighted by molar-refractivity contribution is -0.117. The van der Waals surface area contributed by atoms with Gasteiger partial charge in [0, 0.05) is 36.7 Å². The Morgan fingerprint density at radius 1 is 1.18 bits per heavy atom. The molecule has 0 saturated carbocycles. The number of carbonyl (C=O) groups is 1. The molecule has 1 amide bonds. The van der Waals surface area contributed by atoms with Gasteiger partial charge in [-0.2, -0.15) is 0 Å². The van der Waals surface area contributed by atoms with Crippen LogP contribution in [0.25, 0.3) is 6.08 Å². The van der Waals surface area contributed by atoms with Gasteiger partial charge in [-0.25, -0.2) is 4.98 Å². The van der Waals surface area contributed by atoms with Crippen LogP contribution in [0.4, 0.5) is 0 Å². The molecule has 2 heterocycles. The Morgan fingerprint density at radius 2 is 1.94 bits per heavy atom. The summed E-state index contributed by atoms with van der Waals surface area (Å²) >= 11 is 1.61. The van der Waals surface area contributed by atoms with Gasteiger partial charge in [-0.3, -0.25) is 9.69 Å². The molecule has 1 aliphatic heterocycles. The summed E-state index contributed by atoms with van der Waals surface area (Å²) in [5, 5.41) is 6.19. The van der Waals surface area contributed by atoms with Gasteiger partial charge < -0.3 is 14.8 Å². The van der Waals surface area contributed by atoms with Crippen molar-refractivity contribution in [3.63, 3.8) is 0 Å². The molecule has 1 aliphatic rings. The van der Waals surface area contributed by atoms with Gasteiger partial charge in [-0.05, 0) is 24.6 Å². The van der Waals surface area contributed by atoms with Crippen molar-refractivity contribution < 1.29 is 14.3 Å². The summed E-state index contributed by atoms with van der Waals surface area (Å²) in [5.41, 5.74) is 2.85. The first-order valence-electron chi connectivity index (χ1n) is 11.1. The summed E-state index contributed by atoms with van der Waals surface area (Å²) in [6.07, 6.45) is 3.37. The number of ether oxygens (including phenoxy) is 2. The van der Waals surface area contributed by atoms with E-state index in [9.17, 15) is 4.79 Å². The van der Waals surface area contributed by atoms with Crippen LogP contribution in [-0.2, 0) is 16.1 Å². The number of para-hydroxylation sites is 1. The fraction of sp³-hybridized carbons (Fsp3) is 0.308. The predicted molar refractivity (Wildman–Crippen MR) is 131 cm³/mol. The van der Waals surface area contributed by atoms with Crippen molar-refractivity contribution >= 4 is 23.3 Å². The van der Waals surface area contributed by atoms with Gasteiger partial charge in [0.15, 0.2) is 0 Å². The van der Waals surface area contributed by atoms with Crippen molar-refractivity contribution in [3.8, 4) is 5.75 Å². The van der Waals surface area contributed by atoms with Crippen molar-refractivity contribution in [1.82, 2.24) is 15.2 Å². The second-order valence-electron chi connectivity index (χ2n) is 7.90. The van der Waals surface area contributed by atoms with Crippen LogP contribution in [0.5, 0.6) is 5.75 Å². The maximum atomic E-state index is 12.8. The van der Waals surface area contributed by atoms with E-state index in [4.69, 9.17) is 9.47 Å². The maximum absolute atomic E-state index is 12.8. The average molecular weight is 464 g/mol. The van der Waals surface area contributed by atoms with Crippen molar-refractivity contribution in [3.05, 3.63) is 87.9 Å². The van der Waals surface area contributed by atoms with Crippen LogP contribution in [-0.4, -0.2) is 48.6 Å². The summed E-state index contributed by atoms with van der Waals surface area (Å²) in [7, 11) is 0. The molecular weight excluding hydrogens is 434 g/mol. The molecule has 1 aromatic heterocycles. The van der Waals surface area contributed by atoms with Gasteiger partial charge >= 0.3 is 0 Å². The fourth-order valence-corrected chi connectivity index (χ4v) is 4.32. The largest absolute Gasteiger partial charge is 0.487 e. The number of rotatable bonds is 9. The summed E-state index contributed by atoms with van der Waals surface area (Å²) in [6.45, 7) is 6.33. The number of benzene rings is 2. The highest BCUT2D eigenvalue weighted by atomic mass is 32.1. The molecule has 2 aromatic carbocycles. The molecule has 6 nitrogen and oxygen atoms in total. The number of thiazole rings is 1. The number of hydrogen-bond acceptors (Lipinski definition) is 6. The standard InChI is InChI=1S/C26H29N3O3S/c1-20-27-23(19-33-20)18-32-25-10-6-5-9-22(25)11-12-26(30)28-24(21-7-3-2-4-8-21)17-29-13-15-31-16-14-29/h2-12,19,24H,13-18H2,1H3,(H,28,30)/b12-11+. The monoisotopic (exact) mass is 463 g/mol. The molecule has 0 spiro atoms. The zero-order valence-electron chi connectivity index (χ0n) is 18.8.